The van der Waals surface area contributed by atoms with Gasteiger partial charge in [0.05, 0.1) is 10.0 Å². The van der Waals surface area contributed by atoms with Gasteiger partial charge in [0.25, 0.3) is 0 Å². The Morgan fingerprint density at radius 1 is 1.03 bits per heavy atom. The second-order valence-corrected chi connectivity index (χ2v) is 9.73. The van der Waals surface area contributed by atoms with E-state index in [2.05, 4.69) is 43.1 Å². The normalized spacial score (nSPS) is 12.8. The number of halogens is 2. The number of benzene rings is 2. The van der Waals surface area contributed by atoms with E-state index in [1.54, 1.807) is 11.8 Å². The lowest BCUT2D eigenvalue weighted by Gasteiger charge is -2.20. The van der Waals surface area contributed by atoms with E-state index in [-0.39, 0.29) is 11.5 Å². The van der Waals surface area contributed by atoms with Crippen LogP contribution in [0.25, 0.3) is 0 Å². The Morgan fingerprint density at radius 2 is 1.72 bits per heavy atom. The van der Waals surface area contributed by atoms with E-state index in [9.17, 15) is 0 Å². The van der Waals surface area contributed by atoms with Crippen molar-refractivity contribution in [2.75, 3.05) is 0 Å². The highest BCUT2D eigenvalue weighted by atomic mass is 35.5. The van der Waals surface area contributed by atoms with Crippen molar-refractivity contribution in [3.8, 4) is 5.75 Å². The molecule has 0 amide bonds. The third-order valence-corrected chi connectivity index (χ3v) is 6.45. The maximum atomic E-state index is 6.09. The van der Waals surface area contributed by atoms with E-state index < -0.39 is 0 Å². The average molecular weight is 450 g/mol. The number of hydrogen-bond acceptors (Lipinski definition) is 4. The van der Waals surface area contributed by atoms with Crippen molar-refractivity contribution in [2.24, 2.45) is 7.05 Å². The largest absolute Gasteiger partial charge is 0.483 e. The zero-order valence-corrected chi connectivity index (χ0v) is 19.6. The Balaban J connectivity index is 1.65. The highest BCUT2D eigenvalue weighted by Gasteiger charge is 2.18. The molecule has 1 heterocycles. The second kappa shape index (κ2) is 8.99. The van der Waals surface area contributed by atoms with E-state index in [1.165, 1.54) is 5.56 Å². The SMILES string of the molecule is CC(Oc1ccc(C(C)(C)C)cc1)c1nnc(SCc2ccc(Cl)c(Cl)c2)n1C. The van der Waals surface area contributed by atoms with Gasteiger partial charge in [0.2, 0.25) is 0 Å². The molecule has 3 aromatic rings. The molecule has 154 valence electrons. The monoisotopic (exact) mass is 449 g/mol. The third-order valence-electron chi connectivity index (χ3n) is 4.62. The average Bonchev–Trinajstić information content (AvgIpc) is 3.03. The zero-order valence-electron chi connectivity index (χ0n) is 17.2. The van der Waals surface area contributed by atoms with Crippen LogP contribution in [0.3, 0.4) is 0 Å². The summed E-state index contributed by atoms with van der Waals surface area (Å²) in [7, 11) is 1.95. The Hall–Kier alpha value is -1.69. The number of ether oxygens (including phenoxy) is 1. The smallest absolute Gasteiger partial charge is 0.191 e. The lowest BCUT2D eigenvalue weighted by atomic mass is 9.87. The topological polar surface area (TPSA) is 39.9 Å². The molecule has 0 aliphatic carbocycles. The van der Waals surface area contributed by atoms with Gasteiger partial charge in [0.1, 0.15) is 5.75 Å². The van der Waals surface area contributed by atoms with E-state index in [0.29, 0.717) is 10.0 Å². The Morgan fingerprint density at radius 3 is 2.34 bits per heavy atom. The molecule has 0 saturated heterocycles. The maximum absolute atomic E-state index is 6.09. The van der Waals surface area contributed by atoms with Crippen molar-refractivity contribution in [1.29, 1.82) is 0 Å². The van der Waals surface area contributed by atoms with Crippen LogP contribution in [0.15, 0.2) is 47.6 Å². The zero-order chi connectivity index (χ0) is 21.2. The van der Waals surface area contributed by atoms with Crippen molar-refractivity contribution < 1.29 is 4.74 Å². The summed E-state index contributed by atoms with van der Waals surface area (Å²) >= 11 is 13.7. The molecule has 29 heavy (non-hydrogen) atoms. The second-order valence-electron chi connectivity index (χ2n) is 7.97. The van der Waals surface area contributed by atoms with Crippen LogP contribution in [0.5, 0.6) is 5.75 Å². The van der Waals surface area contributed by atoms with Gasteiger partial charge < -0.3 is 9.30 Å². The minimum atomic E-state index is -0.215. The summed E-state index contributed by atoms with van der Waals surface area (Å²) in [5.41, 5.74) is 2.48. The molecule has 1 aromatic heterocycles. The fourth-order valence-electron chi connectivity index (χ4n) is 2.87. The van der Waals surface area contributed by atoms with Crippen LogP contribution in [0, 0.1) is 0 Å². The van der Waals surface area contributed by atoms with Crippen LogP contribution in [0.2, 0.25) is 10.0 Å². The number of rotatable bonds is 6. The summed E-state index contributed by atoms with van der Waals surface area (Å²) in [5, 5.41) is 10.6. The number of nitrogens with zero attached hydrogens (tertiary/aromatic N) is 3. The standard InChI is InChI=1S/C22H25Cl2N3OS/c1-14(28-17-9-7-16(8-10-17)22(2,3)4)20-25-26-21(27(20)5)29-13-15-6-11-18(23)19(24)12-15/h6-12,14H,13H2,1-5H3. The van der Waals surface area contributed by atoms with E-state index >= 15 is 0 Å². The van der Waals surface area contributed by atoms with Crippen LogP contribution >= 0.6 is 35.0 Å². The molecule has 0 radical (unpaired) electrons. The Bertz CT molecular complexity index is 981. The molecule has 7 heteroatoms. The first-order valence-electron chi connectivity index (χ1n) is 9.38. The molecule has 2 aromatic carbocycles. The molecule has 0 N–H and O–H groups in total. The minimum absolute atomic E-state index is 0.119. The van der Waals surface area contributed by atoms with Gasteiger partial charge in [-0.3, -0.25) is 0 Å². The lowest BCUT2D eigenvalue weighted by molar-refractivity contribution is 0.211. The van der Waals surface area contributed by atoms with E-state index in [0.717, 1.165) is 28.0 Å². The van der Waals surface area contributed by atoms with Gasteiger partial charge in [-0.25, -0.2) is 0 Å². The first-order chi connectivity index (χ1) is 13.6. The summed E-state index contributed by atoms with van der Waals surface area (Å²) in [4.78, 5) is 0. The lowest BCUT2D eigenvalue weighted by Crippen LogP contribution is -2.12. The molecule has 0 spiro atoms. The van der Waals surface area contributed by atoms with Crippen LogP contribution in [-0.4, -0.2) is 14.8 Å². The van der Waals surface area contributed by atoms with Crippen LogP contribution < -0.4 is 4.74 Å². The van der Waals surface area contributed by atoms with Crippen molar-refractivity contribution in [1.82, 2.24) is 14.8 Å². The highest BCUT2D eigenvalue weighted by molar-refractivity contribution is 7.98. The molecular weight excluding hydrogens is 425 g/mol. The summed E-state index contributed by atoms with van der Waals surface area (Å²) in [6, 6.07) is 13.9. The van der Waals surface area contributed by atoms with Gasteiger partial charge in [0, 0.05) is 12.8 Å². The summed E-state index contributed by atoms with van der Waals surface area (Å²) in [5.74, 6) is 2.33. The first kappa shape index (κ1) is 22.0. The van der Waals surface area contributed by atoms with Crippen LogP contribution in [0.1, 0.15) is 50.8 Å². The number of hydrogen-bond donors (Lipinski definition) is 0. The quantitative estimate of drug-likeness (QED) is 0.385. The predicted molar refractivity (Wildman–Crippen MR) is 121 cm³/mol. The van der Waals surface area contributed by atoms with E-state index in [4.69, 9.17) is 27.9 Å². The van der Waals surface area contributed by atoms with Crippen molar-refractivity contribution in [2.45, 2.75) is 50.1 Å². The predicted octanol–water partition coefficient (Wildman–Crippen LogP) is 6.85. The third kappa shape index (κ3) is 5.47. The summed E-state index contributed by atoms with van der Waals surface area (Å²) in [6.07, 6.45) is -0.215. The Labute approximate surface area is 186 Å². The van der Waals surface area contributed by atoms with Crippen molar-refractivity contribution in [3.05, 3.63) is 69.5 Å². The van der Waals surface area contributed by atoms with Gasteiger partial charge in [-0.1, -0.05) is 73.9 Å². The molecule has 0 fully saturated rings. The fourth-order valence-corrected chi connectivity index (χ4v) is 4.06. The summed E-state index contributed by atoms with van der Waals surface area (Å²) < 4.78 is 8.06. The molecule has 1 unspecified atom stereocenters. The minimum Gasteiger partial charge on any atom is -0.483 e. The molecular formula is C22H25Cl2N3OS. The highest BCUT2D eigenvalue weighted by Crippen LogP contribution is 2.29. The van der Waals surface area contributed by atoms with Gasteiger partial charge in [0.15, 0.2) is 17.1 Å². The number of thioether (sulfide) groups is 1. The molecule has 0 saturated carbocycles. The first-order valence-corrected chi connectivity index (χ1v) is 11.1. The van der Waals surface area contributed by atoms with E-state index in [1.807, 2.05) is 48.9 Å². The molecule has 4 nitrogen and oxygen atoms in total. The molecule has 3 rings (SSSR count). The molecule has 0 aliphatic rings. The van der Waals surface area contributed by atoms with Crippen molar-refractivity contribution >= 4 is 35.0 Å². The fraction of sp³-hybridized carbons (Fsp3) is 0.364. The van der Waals surface area contributed by atoms with Gasteiger partial charge in [-0.15, -0.1) is 10.2 Å². The van der Waals surface area contributed by atoms with Crippen LogP contribution in [-0.2, 0) is 18.2 Å². The molecule has 0 bridgehead atoms. The van der Waals surface area contributed by atoms with Crippen LogP contribution in [0.4, 0.5) is 0 Å². The van der Waals surface area contributed by atoms with Gasteiger partial charge in [-0.05, 0) is 47.7 Å². The van der Waals surface area contributed by atoms with Crippen molar-refractivity contribution in [3.63, 3.8) is 0 Å². The maximum Gasteiger partial charge on any atom is 0.191 e. The van der Waals surface area contributed by atoms with Gasteiger partial charge in [-0.2, -0.15) is 0 Å². The molecule has 1 atom stereocenters. The summed E-state index contributed by atoms with van der Waals surface area (Å²) in [6.45, 7) is 8.57. The molecule has 0 aliphatic heterocycles. The Kier molecular flexibility index (Phi) is 6.82. The van der Waals surface area contributed by atoms with Gasteiger partial charge >= 0.3 is 0 Å². The number of aromatic nitrogens is 3.